The summed E-state index contributed by atoms with van der Waals surface area (Å²) >= 11 is 3.19. The standard InChI is InChI=1S/C13H13BrN2O2/c14-11-10(15-13(18)16-12(11)17)8-4-7-9-5-2-1-3-6-9/h1-3,5-6H,4,7-8H2,(H2,15,16,17,18). The van der Waals surface area contributed by atoms with Crippen LogP contribution >= 0.6 is 15.9 Å². The minimum atomic E-state index is -0.460. The molecule has 0 amide bonds. The van der Waals surface area contributed by atoms with Gasteiger partial charge in [-0.25, -0.2) is 4.79 Å². The van der Waals surface area contributed by atoms with Crippen LogP contribution in [0.1, 0.15) is 17.7 Å². The lowest BCUT2D eigenvalue weighted by Gasteiger charge is -2.03. The van der Waals surface area contributed by atoms with Crippen molar-refractivity contribution in [2.75, 3.05) is 0 Å². The van der Waals surface area contributed by atoms with Gasteiger partial charge in [0, 0.05) is 5.69 Å². The fraction of sp³-hybridized carbons (Fsp3) is 0.231. The highest BCUT2D eigenvalue weighted by Crippen LogP contribution is 2.11. The summed E-state index contributed by atoms with van der Waals surface area (Å²) in [5.41, 5.74) is 1.06. The van der Waals surface area contributed by atoms with Crippen LogP contribution in [0, 0.1) is 0 Å². The number of benzene rings is 1. The molecule has 1 heterocycles. The Labute approximate surface area is 112 Å². The second-order valence-electron chi connectivity index (χ2n) is 4.04. The van der Waals surface area contributed by atoms with Gasteiger partial charge in [-0.2, -0.15) is 0 Å². The molecule has 0 aliphatic rings. The Hall–Kier alpha value is -1.62. The SMILES string of the molecule is O=c1[nH]c(CCCc2ccccc2)c(Br)c(=O)[nH]1. The van der Waals surface area contributed by atoms with E-state index in [1.165, 1.54) is 5.56 Å². The van der Waals surface area contributed by atoms with E-state index >= 15 is 0 Å². The van der Waals surface area contributed by atoms with Gasteiger partial charge in [-0.1, -0.05) is 30.3 Å². The lowest BCUT2D eigenvalue weighted by atomic mass is 10.1. The molecule has 0 radical (unpaired) electrons. The van der Waals surface area contributed by atoms with Crippen LogP contribution in [0.5, 0.6) is 0 Å². The summed E-state index contributed by atoms with van der Waals surface area (Å²) < 4.78 is 0.412. The van der Waals surface area contributed by atoms with Crippen LogP contribution in [0.3, 0.4) is 0 Å². The van der Waals surface area contributed by atoms with E-state index in [2.05, 4.69) is 38.0 Å². The van der Waals surface area contributed by atoms with Crippen molar-refractivity contribution in [2.45, 2.75) is 19.3 Å². The van der Waals surface area contributed by atoms with Crippen molar-refractivity contribution in [3.05, 3.63) is 66.9 Å². The zero-order valence-electron chi connectivity index (χ0n) is 9.70. The summed E-state index contributed by atoms with van der Waals surface area (Å²) in [6.07, 6.45) is 2.46. The number of aromatic nitrogens is 2. The highest BCUT2D eigenvalue weighted by Gasteiger charge is 2.05. The number of nitrogens with one attached hydrogen (secondary N) is 2. The maximum Gasteiger partial charge on any atom is 0.325 e. The highest BCUT2D eigenvalue weighted by molar-refractivity contribution is 9.10. The normalized spacial score (nSPS) is 10.5. The van der Waals surface area contributed by atoms with Crippen LogP contribution in [0.25, 0.3) is 0 Å². The monoisotopic (exact) mass is 308 g/mol. The summed E-state index contributed by atoms with van der Waals surface area (Å²) in [5, 5.41) is 0. The fourth-order valence-electron chi connectivity index (χ4n) is 1.80. The van der Waals surface area contributed by atoms with E-state index in [1.807, 2.05) is 18.2 Å². The van der Waals surface area contributed by atoms with Gasteiger partial charge in [-0.3, -0.25) is 9.78 Å². The van der Waals surface area contributed by atoms with Gasteiger partial charge in [0.1, 0.15) is 4.47 Å². The Morgan fingerprint density at radius 3 is 2.44 bits per heavy atom. The lowest BCUT2D eigenvalue weighted by molar-refractivity contribution is 0.779. The van der Waals surface area contributed by atoms with Crippen molar-refractivity contribution in [3.8, 4) is 0 Å². The second-order valence-corrected chi connectivity index (χ2v) is 4.83. The summed E-state index contributed by atoms with van der Waals surface area (Å²) in [4.78, 5) is 27.4. The van der Waals surface area contributed by atoms with E-state index in [0.717, 1.165) is 12.8 Å². The van der Waals surface area contributed by atoms with Crippen molar-refractivity contribution in [3.63, 3.8) is 0 Å². The number of rotatable bonds is 4. The minimum absolute atomic E-state index is 0.381. The highest BCUT2D eigenvalue weighted by atomic mass is 79.9. The average Bonchev–Trinajstić information content (AvgIpc) is 2.36. The molecule has 94 valence electrons. The number of halogens is 1. The third-order valence-electron chi connectivity index (χ3n) is 2.69. The van der Waals surface area contributed by atoms with Crippen LogP contribution in [0.4, 0.5) is 0 Å². The van der Waals surface area contributed by atoms with Crippen LogP contribution in [-0.4, -0.2) is 9.97 Å². The smallest absolute Gasteiger partial charge is 0.310 e. The van der Waals surface area contributed by atoms with Crippen LogP contribution in [-0.2, 0) is 12.8 Å². The molecule has 0 saturated heterocycles. The van der Waals surface area contributed by atoms with Crippen LogP contribution in [0.15, 0.2) is 44.4 Å². The first-order valence-electron chi connectivity index (χ1n) is 5.72. The van der Waals surface area contributed by atoms with Gasteiger partial charge in [0.25, 0.3) is 5.56 Å². The van der Waals surface area contributed by atoms with Gasteiger partial charge in [-0.15, -0.1) is 0 Å². The molecule has 2 rings (SSSR count). The average molecular weight is 309 g/mol. The number of hydrogen-bond acceptors (Lipinski definition) is 2. The molecule has 0 atom stereocenters. The predicted octanol–water partition coefficient (Wildman–Crippen LogP) is 2.00. The molecule has 0 fully saturated rings. The van der Waals surface area contributed by atoms with E-state index < -0.39 is 5.69 Å². The third kappa shape index (κ3) is 3.20. The van der Waals surface area contributed by atoms with Gasteiger partial charge in [0.05, 0.1) is 0 Å². The number of aromatic amines is 2. The fourth-order valence-corrected chi connectivity index (χ4v) is 2.20. The van der Waals surface area contributed by atoms with Crippen LogP contribution < -0.4 is 11.2 Å². The van der Waals surface area contributed by atoms with Crippen molar-refractivity contribution < 1.29 is 0 Å². The quantitative estimate of drug-likeness (QED) is 0.907. The topological polar surface area (TPSA) is 65.7 Å². The Balaban J connectivity index is 2.03. The summed E-state index contributed by atoms with van der Waals surface area (Å²) in [6.45, 7) is 0. The maximum absolute atomic E-state index is 11.4. The maximum atomic E-state index is 11.4. The lowest BCUT2D eigenvalue weighted by Crippen LogP contribution is -2.25. The Morgan fingerprint density at radius 2 is 1.72 bits per heavy atom. The third-order valence-corrected chi connectivity index (χ3v) is 3.53. The molecular weight excluding hydrogens is 296 g/mol. The molecule has 0 aliphatic carbocycles. The summed E-state index contributed by atoms with van der Waals surface area (Å²) in [6, 6.07) is 10.1. The van der Waals surface area contributed by atoms with E-state index in [4.69, 9.17) is 0 Å². The van der Waals surface area contributed by atoms with E-state index in [0.29, 0.717) is 16.6 Å². The molecular formula is C13H13BrN2O2. The second kappa shape index (κ2) is 5.82. The van der Waals surface area contributed by atoms with E-state index in [1.54, 1.807) is 0 Å². The predicted molar refractivity (Wildman–Crippen MR) is 73.9 cm³/mol. The molecule has 1 aromatic carbocycles. The number of aryl methyl sites for hydroxylation is 2. The Morgan fingerprint density at radius 1 is 1.00 bits per heavy atom. The van der Waals surface area contributed by atoms with Crippen molar-refractivity contribution in [1.29, 1.82) is 0 Å². The van der Waals surface area contributed by atoms with Gasteiger partial charge >= 0.3 is 5.69 Å². The first-order chi connectivity index (χ1) is 8.66. The molecule has 0 unspecified atom stereocenters. The number of H-pyrrole nitrogens is 2. The molecule has 18 heavy (non-hydrogen) atoms. The van der Waals surface area contributed by atoms with Crippen molar-refractivity contribution in [1.82, 2.24) is 9.97 Å². The molecule has 0 spiro atoms. The zero-order valence-corrected chi connectivity index (χ0v) is 11.3. The minimum Gasteiger partial charge on any atom is -0.310 e. The first-order valence-corrected chi connectivity index (χ1v) is 6.51. The zero-order chi connectivity index (χ0) is 13.0. The molecule has 0 saturated carbocycles. The van der Waals surface area contributed by atoms with Gasteiger partial charge < -0.3 is 4.98 Å². The Kier molecular flexibility index (Phi) is 4.15. The molecule has 4 nitrogen and oxygen atoms in total. The van der Waals surface area contributed by atoms with E-state index in [9.17, 15) is 9.59 Å². The van der Waals surface area contributed by atoms with Gasteiger partial charge in [0.15, 0.2) is 0 Å². The van der Waals surface area contributed by atoms with Crippen molar-refractivity contribution >= 4 is 15.9 Å². The van der Waals surface area contributed by atoms with Crippen molar-refractivity contribution in [2.24, 2.45) is 0 Å². The molecule has 0 aliphatic heterocycles. The first kappa shape index (κ1) is 12.8. The largest absolute Gasteiger partial charge is 0.325 e. The Bertz CT molecular complexity index is 631. The number of hydrogen-bond donors (Lipinski definition) is 2. The summed E-state index contributed by atoms with van der Waals surface area (Å²) in [7, 11) is 0. The molecule has 0 bridgehead atoms. The molecule has 2 N–H and O–H groups in total. The molecule has 5 heteroatoms. The van der Waals surface area contributed by atoms with E-state index in [-0.39, 0.29) is 5.56 Å². The van der Waals surface area contributed by atoms with Gasteiger partial charge in [-0.05, 0) is 40.8 Å². The van der Waals surface area contributed by atoms with Crippen LogP contribution in [0.2, 0.25) is 0 Å². The molecule has 1 aromatic heterocycles. The molecule has 2 aromatic rings. The summed E-state index contributed by atoms with van der Waals surface area (Å²) in [5.74, 6) is 0. The van der Waals surface area contributed by atoms with Gasteiger partial charge in [0.2, 0.25) is 0 Å².